The van der Waals surface area contributed by atoms with E-state index >= 15 is 0 Å². The zero-order valence-electron chi connectivity index (χ0n) is 12.2. The lowest BCUT2D eigenvalue weighted by atomic mass is 9.86. The molecule has 0 aromatic heterocycles. The highest BCUT2D eigenvalue weighted by atomic mass is 16.3. The van der Waals surface area contributed by atoms with Crippen LogP contribution < -0.4 is 0 Å². The number of aliphatic hydroxyl groups excluding tert-OH is 1. The summed E-state index contributed by atoms with van der Waals surface area (Å²) in [5.74, 6) is 0. The van der Waals surface area contributed by atoms with Gasteiger partial charge in [-0.15, -0.1) is 0 Å². The third-order valence-corrected chi connectivity index (χ3v) is 4.42. The van der Waals surface area contributed by atoms with E-state index in [-0.39, 0.29) is 11.5 Å². The van der Waals surface area contributed by atoms with E-state index in [9.17, 15) is 5.11 Å². The minimum absolute atomic E-state index is 0.0172. The summed E-state index contributed by atoms with van der Waals surface area (Å²) in [5, 5.41) is 9.77. The van der Waals surface area contributed by atoms with Gasteiger partial charge in [-0.1, -0.05) is 20.8 Å². The van der Waals surface area contributed by atoms with Gasteiger partial charge >= 0.3 is 0 Å². The summed E-state index contributed by atoms with van der Waals surface area (Å²) in [6, 6.07) is 0.691. The minimum atomic E-state index is -0.249. The minimum Gasteiger partial charge on any atom is -0.393 e. The third-order valence-electron chi connectivity index (χ3n) is 4.42. The van der Waals surface area contributed by atoms with Crippen LogP contribution in [0.4, 0.5) is 0 Å². The summed E-state index contributed by atoms with van der Waals surface area (Å²) in [6.45, 7) is 13.0. The number of hydrogen-bond acceptors (Lipinski definition) is 3. The Balaban J connectivity index is 2.41. The molecule has 1 unspecified atom stereocenters. The van der Waals surface area contributed by atoms with E-state index in [1.54, 1.807) is 0 Å². The van der Waals surface area contributed by atoms with Gasteiger partial charge in [0, 0.05) is 18.0 Å². The lowest BCUT2D eigenvalue weighted by molar-refractivity contribution is 0.0205. The maximum atomic E-state index is 9.77. The molecule has 1 rings (SSSR count). The van der Waals surface area contributed by atoms with Crippen molar-refractivity contribution in [3.8, 4) is 0 Å². The van der Waals surface area contributed by atoms with E-state index in [1.165, 1.54) is 32.5 Å². The molecule has 1 saturated heterocycles. The molecule has 0 spiro atoms. The van der Waals surface area contributed by atoms with Crippen molar-refractivity contribution in [2.75, 3.05) is 33.2 Å². The fraction of sp³-hybridized carbons (Fsp3) is 1.00. The molecule has 3 heteroatoms. The Kier molecular flexibility index (Phi) is 5.42. The highest BCUT2D eigenvalue weighted by molar-refractivity contribution is 4.83. The second-order valence-electron chi connectivity index (χ2n) is 6.25. The molecule has 17 heavy (non-hydrogen) atoms. The number of nitrogens with zero attached hydrogens (tertiary/aromatic N) is 2. The van der Waals surface area contributed by atoms with E-state index in [1.807, 2.05) is 6.92 Å². The molecule has 1 aliphatic heterocycles. The monoisotopic (exact) mass is 242 g/mol. The van der Waals surface area contributed by atoms with Gasteiger partial charge < -0.3 is 14.9 Å². The summed E-state index contributed by atoms with van der Waals surface area (Å²) in [5.41, 5.74) is -0.0172. The van der Waals surface area contributed by atoms with Gasteiger partial charge in [0.05, 0.1) is 6.10 Å². The van der Waals surface area contributed by atoms with Crippen molar-refractivity contribution >= 4 is 0 Å². The molecule has 102 valence electrons. The van der Waals surface area contributed by atoms with Crippen molar-refractivity contribution < 1.29 is 5.11 Å². The van der Waals surface area contributed by atoms with E-state index in [0.29, 0.717) is 6.04 Å². The van der Waals surface area contributed by atoms with Crippen LogP contribution in [0, 0.1) is 5.41 Å². The zero-order chi connectivity index (χ0) is 13.1. The summed E-state index contributed by atoms with van der Waals surface area (Å²) in [4.78, 5) is 4.96. The first-order chi connectivity index (χ1) is 7.86. The van der Waals surface area contributed by atoms with Crippen LogP contribution in [0.15, 0.2) is 0 Å². The van der Waals surface area contributed by atoms with Gasteiger partial charge in [-0.2, -0.15) is 0 Å². The molecule has 1 fully saturated rings. The fourth-order valence-corrected chi connectivity index (χ4v) is 2.58. The van der Waals surface area contributed by atoms with Crippen molar-refractivity contribution in [3.63, 3.8) is 0 Å². The SMILES string of the molecule is CCN1CCC(N(C)CC(C)(C)C(C)O)CC1. The number of rotatable bonds is 5. The van der Waals surface area contributed by atoms with Gasteiger partial charge in [-0.25, -0.2) is 0 Å². The largest absolute Gasteiger partial charge is 0.393 e. The lowest BCUT2D eigenvalue weighted by Crippen LogP contribution is -2.47. The molecule has 0 aromatic rings. The van der Waals surface area contributed by atoms with Crippen LogP contribution in [0.25, 0.3) is 0 Å². The molecule has 0 saturated carbocycles. The average Bonchev–Trinajstić information content (AvgIpc) is 2.28. The number of aliphatic hydroxyl groups is 1. The zero-order valence-corrected chi connectivity index (χ0v) is 12.2. The standard InChI is InChI=1S/C14H30N2O/c1-6-16-9-7-13(8-10-16)15(5)11-14(3,4)12(2)17/h12-13,17H,6-11H2,1-5H3. The smallest absolute Gasteiger partial charge is 0.0575 e. The molecule has 0 radical (unpaired) electrons. The van der Waals surface area contributed by atoms with Crippen LogP contribution in [0.1, 0.15) is 40.5 Å². The molecule has 1 aliphatic rings. The first-order valence-corrected chi connectivity index (χ1v) is 6.97. The molecule has 0 aromatic carbocycles. The van der Waals surface area contributed by atoms with Crippen LogP contribution in [-0.4, -0.2) is 60.3 Å². The van der Waals surface area contributed by atoms with Gasteiger partial charge in [-0.05, 0) is 46.4 Å². The van der Waals surface area contributed by atoms with Gasteiger partial charge in [0.1, 0.15) is 0 Å². The maximum Gasteiger partial charge on any atom is 0.0575 e. The maximum absolute atomic E-state index is 9.77. The van der Waals surface area contributed by atoms with Crippen LogP contribution >= 0.6 is 0 Å². The van der Waals surface area contributed by atoms with Gasteiger partial charge in [0.2, 0.25) is 0 Å². The van der Waals surface area contributed by atoms with Gasteiger partial charge in [0.15, 0.2) is 0 Å². The van der Waals surface area contributed by atoms with Crippen LogP contribution in [0.2, 0.25) is 0 Å². The number of likely N-dealkylation sites (tertiary alicyclic amines) is 1. The molecule has 0 bridgehead atoms. The molecular weight excluding hydrogens is 212 g/mol. The van der Waals surface area contributed by atoms with Crippen molar-refractivity contribution in [1.82, 2.24) is 9.80 Å². The Morgan fingerprint density at radius 3 is 2.29 bits per heavy atom. The molecule has 1 heterocycles. The lowest BCUT2D eigenvalue weighted by Gasteiger charge is -2.40. The molecular formula is C14H30N2O. The fourth-order valence-electron chi connectivity index (χ4n) is 2.58. The Bertz CT molecular complexity index is 220. The highest BCUT2D eigenvalue weighted by Gasteiger charge is 2.29. The third kappa shape index (κ3) is 4.23. The normalized spacial score (nSPS) is 22.1. The Labute approximate surface area is 107 Å². The summed E-state index contributed by atoms with van der Waals surface area (Å²) in [7, 11) is 2.20. The van der Waals surface area contributed by atoms with Crippen LogP contribution in [0.3, 0.4) is 0 Å². The molecule has 1 N–H and O–H groups in total. The Hall–Kier alpha value is -0.120. The second kappa shape index (κ2) is 6.17. The number of piperidine rings is 1. The predicted octanol–water partition coefficient (Wildman–Crippen LogP) is 1.81. The molecule has 1 atom stereocenters. The topological polar surface area (TPSA) is 26.7 Å². The van der Waals surface area contributed by atoms with Crippen molar-refractivity contribution in [2.45, 2.75) is 52.7 Å². The first kappa shape index (κ1) is 14.9. The van der Waals surface area contributed by atoms with Crippen molar-refractivity contribution in [2.24, 2.45) is 5.41 Å². The van der Waals surface area contributed by atoms with Gasteiger partial charge in [0.25, 0.3) is 0 Å². The quantitative estimate of drug-likeness (QED) is 0.796. The van der Waals surface area contributed by atoms with E-state index in [0.717, 1.165) is 6.54 Å². The Morgan fingerprint density at radius 2 is 1.88 bits per heavy atom. The van der Waals surface area contributed by atoms with Crippen LogP contribution in [0.5, 0.6) is 0 Å². The molecule has 3 nitrogen and oxygen atoms in total. The summed E-state index contributed by atoms with van der Waals surface area (Å²) >= 11 is 0. The van der Waals surface area contributed by atoms with Crippen molar-refractivity contribution in [1.29, 1.82) is 0 Å². The van der Waals surface area contributed by atoms with Crippen LogP contribution in [-0.2, 0) is 0 Å². The average molecular weight is 242 g/mol. The summed E-state index contributed by atoms with van der Waals surface area (Å²) in [6.07, 6.45) is 2.28. The predicted molar refractivity (Wildman–Crippen MR) is 73.2 cm³/mol. The van der Waals surface area contributed by atoms with E-state index in [2.05, 4.69) is 37.6 Å². The van der Waals surface area contributed by atoms with E-state index < -0.39 is 0 Å². The number of hydrogen-bond donors (Lipinski definition) is 1. The van der Waals surface area contributed by atoms with Crippen molar-refractivity contribution in [3.05, 3.63) is 0 Å². The molecule has 0 aliphatic carbocycles. The first-order valence-electron chi connectivity index (χ1n) is 6.97. The summed E-state index contributed by atoms with van der Waals surface area (Å²) < 4.78 is 0. The van der Waals surface area contributed by atoms with Gasteiger partial charge in [-0.3, -0.25) is 0 Å². The van der Waals surface area contributed by atoms with E-state index in [4.69, 9.17) is 0 Å². The highest BCUT2D eigenvalue weighted by Crippen LogP contribution is 2.24. The second-order valence-corrected chi connectivity index (χ2v) is 6.25. The Morgan fingerprint density at radius 1 is 1.35 bits per heavy atom. The molecule has 0 amide bonds.